The third-order valence-corrected chi connectivity index (χ3v) is 15.8. The molecule has 6 aromatic rings. The molecule has 0 radical (unpaired) electrons. The van der Waals surface area contributed by atoms with Crippen LogP contribution in [0.25, 0.3) is 28.9 Å². The molecule has 1 nitrogen and oxygen atoms in total. The monoisotopic (exact) mass is 718 g/mol. The van der Waals surface area contributed by atoms with Crippen LogP contribution in [0.5, 0.6) is 0 Å². The summed E-state index contributed by atoms with van der Waals surface area (Å²) in [6.07, 6.45) is 7.94. The van der Waals surface area contributed by atoms with E-state index in [1.165, 1.54) is 66.8 Å². The number of fused-ring (bicyclic) bond motifs is 3. The fourth-order valence-corrected chi connectivity index (χ4v) is 12.2. The first kappa shape index (κ1) is 34.5. The first-order valence-electron chi connectivity index (χ1n) is 19.3. The summed E-state index contributed by atoms with van der Waals surface area (Å²) in [6, 6.07) is 51.9. The van der Waals surface area contributed by atoms with E-state index in [1.54, 1.807) is 0 Å². The zero-order valence-corrected chi connectivity index (χ0v) is 33.0. The van der Waals surface area contributed by atoms with Crippen LogP contribution in [0, 0.1) is 0 Å². The largest absolute Gasteiger partial charge is 0.309 e. The van der Waals surface area contributed by atoms with Crippen LogP contribution in [-0.4, -0.2) is 0 Å². The van der Waals surface area contributed by atoms with Crippen molar-refractivity contribution in [3.63, 3.8) is 0 Å². The molecule has 266 valence electrons. The zero-order chi connectivity index (χ0) is 37.5. The van der Waals surface area contributed by atoms with Crippen molar-refractivity contribution in [3.8, 4) is 0 Å². The van der Waals surface area contributed by atoms with Crippen LogP contribution < -0.4 is 15.9 Å². The van der Waals surface area contributed by atoms with Gasteiger partial charge in [-0.05, 0) is 85.4 Å². The highest BCUT2D eigenvalue weighted by molar-refractivity contribution is 7.85. The van der Waals surface area contributed by atoms with E-state index in [0.717, 1.165) is 22.3 Å². The Balaban J connectivity index is 1.12. The molecule has 0 bridgehead atoms. The average molecular weight is 719 g/mol. The lowest BCUT2D eigenvalue weighted by molar-refractivity contribution is 0.592. The number of hydrogen-bond acceptors (Lipinski definition) is 1. The van der Waals surface area contributed by atoms with Gasteiger partial charge in [-0.3, -0.25) is 0 Å². The Kier molecular flexibility index (Phi) is 7.93. The molecule has 54 heavy (non-hydrogen) atoms. The standard InChI is InChI=1S/C52H47OP/c1-50(2)44-16-10-7-13-35(44)25-32-47(50)36-19-26-41(27-20-36)54(53,42-28-21-37(22-29-42)48-33-39-14-8-11-17-45(39)51(48,3)4)43-30-23-38(24-31-43)49-34-40-15-9-12-18-46(40)52(49,5)6/h7-24,26-34H,25H2,1-6H3. The maximum absolute atomic E-state index is 16.0. The highest BCUT2D eigenvalue weighted by atomic mass is 31.2. The summed E-state index contributed by atoms with van der Waals surface area (Å²) in [7, 11) is -3.26. The molecule has 2 heteroatoms. The van der Waals surface area contributed by atoms with Gasteiger partial charge in [0.15, 0.2) is 7.14 Å². The van der Waals surface area contributed by atoms with E-state index >= 15 is 4.57 Å². The molecule has 0 N–H and O–H groups in total. The smallest absolute Gasteiger partial charge is 0.171 e. The van der Waals surface area contributed by atoms with Gasteiger partial charge >= 0.3 is 0 Å². The SMILES string of the molecule is CC1(C)C(c2ccc(P(=O)(c3ccc(C4=Cc5ccccc5C4(C)C)cc3)c3ccc(C4=CCc5ccccc5C4(C)C)cc3)cc2)=Cc2ccccc21. The van der Waals surface area contributed by atoms with Crippen molar-refractivity contribution in [1.29, 1.82) is 0 Å². The molecular formula is C52H47OP. The minimum absolute atomic E-state index is 0.113. The lowest BCUT2D eigenvalue weighted by Crippen LogP contribution is -2.27. The van der Waals surface area contributed by atoms with Gasteiger partial charge in [0.1, 0.15) is 0 Å². The van der Waals surface area contributed by atoms with Gasteiger partial charge in [0.05, 0.1) is 0 Å². The Morgan fingerprint density at radius 3 is 1.19 bits per heavy atom. The third-order valence-electron chi connectivity index (χ3n) is 12.7. The van der Waals surface area contributed by atoms with E-state index in [9.17, 15) is 0 Å². The molecule has 3 aliphatic rings. The molecule has 0 heterocycles. The van der Waals surface area contributed by atoms with Gasteiger partial charge < -0.3 is 4.57 Å². The quantitative estimate of drug-likeness (QED) is 0.157. The Morgan fingerprint density at radius 1 is 0.407 bits per heavy atom. The summed E-state index contributed by atoms with van der Waals surface area (Å²) < 4.78 is 16.0. The fourth-order valence-electron chi connectivity index (χ4n) is 9.63. The molecule has 0 unspecified atom stereocenters. The van der Waals surface area contributed by atoms with E-state index in [1.807, 2.05) is 0 Å². The number of hydrogen-bond donors (Lipinski definition) is 0. The Morgan fingerprint density at radius 2 is 0.759 bits per heavy atom. The summed E-state index contributed by atoms with van der Waals surface area (Å²) in [6.45, 7) is 13.8. The summed E-state index contributed by atoms with van der Waals surface area (Å²) in [5, 5.41) is 2.54. The van der Waals surface area contributed by atoms with E-state index in [2.05, 4.69) is 205 Å². The third kappa shape index (κ3) is 5.24. The first-order valence-corrected chi connectivity index (χ1v) is 21.0. The van der Waals surface area contributed by atoms with Crippen LogP contribution in [0.4, 0.5) is 0 Å². The van der Waals surface area contributed by atoms with E-state index in [0.29, 0.717) is 0 Å². The maximum Gasteiger partial charge on any atom is 0.171 e. The van der Waals surface area contributed by atoms with Crippen LogP contribution >= 0.6 is 7.14 Å². The second-order valence-corrected chi connectivity index (χ2v) is 19.7. The van der Waals surface area contributed by atoms with Gasteiger partial charge in [-0.15, -0.1) is 0 Å². The molecule has 6 aromatic carbocycles. The molecule has 9 rings (SSSR count). The molecular weight excluding hydrogens is 672 g/mol. The van der Waals surface area contributed by atoms with E-state index in [4.69, 9.17) is 0 Å². The lowest BCUT2D eigenvalue weighted by atomic mass is 9.69. The number of rotatable bonds is 6. The second-order valence-electron chi connectivity index (χ2n) is 16.9. The number of allylic oxidation sites excluding steroid dienone is 4. The Labute approximate surface area is 321 Å². The minimum Gasteiger partial charge on any atom is -0.309 e. The molecule has 0 atom stereocenters. The highest BCUT2D eigenvalue weighted by Crippen LogP contribution is 2.50. The molecule has 0 amide bonds. The van der Waals surface area contributed by atoms with Crippen molar-refractivity contribution in [3.05, 3.63) is 202 Å². The molecule has 0 aliphatic heterocycles. The molecule has 0 saturated carbocycles. The van der Waals surface area contributed by atoms with Crippen molar-refractivity contribution in [2.45, 2.75) is 64.2 Å². The summed E-state index contributed by atoms with van der Waals surface area (Å²) >= 11 is 0. The average Bonchev–Trinajstić information content (AvgIpc) is 3.63. The van der Waals surface area contributed by atoms with Crippen LogP contribution in [0.1, 0.15) is 91.6 Å². The van der Waals surface area contributed by atoms with Gasteiger partial charge in [-0.25, -0.2) is 0 Å². The summed E-state index contributed by atoms with van der Waals surface area (Å²) in [5.74, 6) is 0. The van der Waals surface area contributed by atoms with Crippen LogP contribution in [-0.2, 0) is 27.2 Å². The van der Waals surface area contributed by atoms with Gasteiger partial charge in [0.25, 0.3) is 0 Å². The van der Waals surface area contributed by atoms with Crippen molar-refractivity contribution in [2.75, 3.05) is 0 Å². The van der Waals surface area contributed by atoms with E-state index in [-0.39, 0.29) is 16.2 Å². The van der Waals surface area contributed by atoms with Gasteiger partial charge in [-0.1, -0.05) is 193 Å². The van der Waals surface area contributed by atoms with Crippen LogP contribution in [0.3, 0.4) is 0 Å². The first-order chi connectivity index (χ1) is 25.9. The predicted molar refractivity (Wildman–Crippen MR) is 232 cm³/mol. The van der Waals surface area contributed by atoms with Crippen molar-refractivity contribution >= 4 is 51.9 Å². The molecule has 0 fully saturated rings. The van der Waals surface area contributed by atoms with Gasteiger partial charge in [0.2, 0.25) is 0 Å². The normalized spacial score (nSPS) is 17.5. The second kappa shape index (κ2) is 12.4. The lowest BCUT2D eigenvalue weighted by Gasteiger charge is -2.35. The minimum atomic E-state index is -3.26. The highest BCUT2D eigenvalue weighted by Gasteiger charge is 2.37. The summed E-state index contributed by atoms with van der Waals surface area (Å²) in [5.41, 5.74) is 15.1. The molecule has 3 aliphatic carbocycles. The van der Waals surface area contributed by atoms with Crippen LogP contribution in [0.2, 0.25) is 0 Å². The predicted octanol–water partition coefficient (Wildman–Crippen LogP) is 11.9. The molecule has 0 spiro atoms. The molecule has 0 saturated heterocycles. The van der Waals surface area contributed by atoms with E-state index < -0.39 is 7.14 Å². The summed E-state index contributed by atoms with van der Waals surface area (Å²) in [4.78, 5) is 0. The van der Waals surface area contributed by atoms with Gasteiger partial charge in [0, 0.05) is 32.2 Å². The Bertz CT molecular complexity index is 2470. The van der Waals surface area contributed by atoms with Crippen molar-refractivity contribution in [2.24, 2.45) is 0 Å². The Hall–Kier alpha value is -5.23. The fraction of sp³-hybridized carbons (Fsp3) is 0.192. The maximum atomic E-state index is 16.0. The van der Waals surface area contributed by atoms with Crippen molar-refractivity contribution < 1.29 is 4.57 Å². The topological polar surface area (TPSA) is 17.1 Å². The van der Waals surface area contributed by atoms with Crippen molar-refractivity contribution in [1.82, 2.24) is 0 Å². The van der Waals surface area contributed by atoms with Crippen LogP contribution in [0.15, 0.2) is 152 Å². The zero-order valence-electron chi connectivity index (χ0n) is 32.2. The van der Waals surface area contributed by atoms with Gasteiger partial charge in [-0.2, -0.15) is 0 Å². The number of benzene rings is 6. The molecule has 0 aromatic heterocycles.